The van der Waals surface area contributed by atoms with E-state index >= 15 is 0 Å². The molecule has 1 fully saturated rings. The number of anilines is 1. The molecule has 30 heavy (non-hydrogen) atoms. The van der Waals surface area contributed by atoms with Crippen LogP contribution in [0, 0.1) is 5.82 Å². The molecule has 4 aromatic rings. The second-order valence-electron chi connectivity index (χ2n) is 7.78. The third-order valence-electron chi connectivity index (χ3n) is 5.81. The molecule has 0 saturated carbocycles. The minimum absolute atomic E-state index is 0.237. The summed E-state index contributed by atoms with van der Waals surface area (Å²) in [5.74, 6) is 0.254. The summed E-state index contributed by atoms with van der Waals surface area (Å²) in [6, 6.07) is 13.1. The summed E-state index contributed by atoms with van der Waals surface area (Å²) in [7, 11) is 0. The van der Waals surface area contributed by atoms with Crippen LogP contribution < -0.4 is 10.6 Å². The fourth-order valence-electron chi connectivity index (χ4n) is 4.18. The van der Waals surface area contributed by atoms with E-state index in [4.69, 9.17) is 0 Å². The van der Waals surface area contributed by atoms with Crippen molar-refractivity contribution in [2.24, 2.45) is 0 Å². The lowest BCUT2D eigenvalue weighted by molar-refractivity contribution is 0.455. The second-order valence-corrected chi connectivity index (χ2v) is 7.78. The van der Waals surface area contributed by atoms with Crippen molar-refractivity contribution < 1.29 is 4.39 Å². The lowest BCUT2D eigenvalue weighted by Crippen LogP contribution is -2.26. The molecule has 0 amide bonds. The molecule has 1 aliphatic heterocycles. The normalized spacial score (nSPS) is 14.8. The molecule has 3 N–H and O–H groups in total. The number of nitrogens with one attached hydrogen (secondary N) is 3. The molecule has 1 saturated heterocycles. The molecular weight excluding hydrogens is 377 g/mol. The highest BCUT2D eigenvalue weighted by Gasteiger charge is 2.19. The monoisotopic (exact) mass is 401 g/mol. The summed E-state index contributed by atoms with van der Waals surface area (Å²) < 4.78 is 14.8. The minimum Gasteiger partial charge on any atom is -0.381 e. The highest BCUT2D eigenvalue weighted by atomic mass is 19.1. The van der Waals surface area contributed by atoms with Crippen molar-refractivity contribution in [2.75, 3.05) is 18.4 Å². The molecular formula is C24H24FN5. The second kappa shape index (κ2) is 8.24. The Morgan fingerprint density at radius 1 is 1.03 bits per heavy atom. The maximum absolute atomic E-state index is 14.8. The molecule has 3 aromatic heterocycles. The average molecular weight is 401 g/mol. The Morgan fingerprint density at radius 3 is 2.77 bits per heavy atom. The van der Waals surface area contributed by atoms with Gasteiger partial charge in [-0.3, -0.25) is 4.98 Å². The molecule has 5 rings (SSSR count). The molecule has 6 heteroatoms. The van der Waals surface area contributed by atoms with Crippen LogP contribution in [0.5, 0.6) is 0 Å². The Kier molecular flexibility index (Phi) is 5.15. The lowest BCUT2D eigenvalue weighted by Gasteiger charge is -2.21. The van der Waals surface area contributed by atoms with E-state index in [1.807, 2.05) is 30.5 Å². The summed E-state index contributed by atoms with van der Waals surface area (Å²) in [6.07, 6.45) is 7.53. The van der Waals surface area contributed by atoms with E-state index in [1.54, 1.807) is 18.5 Å². The van der Waals surface area contributed by atoms with Gasteiger partial charge in [0.1, 0.15) is 11.5 Å². The predicted octanol–water partition coefficient (Wildman–Crippen LogP) is 4.84. The van der Waals surface area contributed by atoms with Crippen LogP contribution in [0.3, 0.4) is 0 Å². The quantitative estimate of drug-likeness (QED) is 0.448. The zero-order valence-corrected chi connectivity index (χ0v) is 16.7. The van der Waals surface area contributed by atoms with E-state index < -0.39 is 0 Å². The van der Waals surface area contributed by atoms with Crippen LogP contribution >= 0.6 is 0 Å². The van der Waals surface area contributed by atoms with Gasteiger partial charge in [-0.05, 0) is 73.5 Å². The van der Waals surface area contributed by atoms with Gasteiger partial charge in [0.2, 0.25) is 0 Å². The van der Waals surface area contributed by atoms with Gasteiger partial charge in [0.15, 0.2) is 0 Å². The van der Waals surface area contributed by atoms with E-state index in [2.05, 4.69) is 31.7 Å². The maximum Gasteiger partial charge on any atom is 0.138 e. The first-order chi connectivity index (χ1) is 14.8. The Hall–Kier alpha value is -3.25. The van der Waals surface area contributed by atoms with Crippen molar-refractivity contribution >= 4 is 16.7 Å². The van der Waals surface area contributed by atoms with Gasteiger partial charge in [-0.1, -0.05) is 6.07 Å². The number of hydrogen-bond donors (Lipinski definition) is 3. The molecule has 0 radical (unpaired) electrons. The van der Waals surface area contributed by atoms with E-state index in [1.165, 1.54) is 11.8 Å². The number of nitrogens with zero attached hydrogens (tertiary/aromatic N) is 2. The molecule has 1 aliphatic rings. The first kappa shape index (κ1) is 18.8. The highest BCUT2D eigenvalue weighted by molar-refractivity contribution is 5.94. The first-order valence-electron chi connectivity index (χ1n) is 10.4. The van der Waals surface area contributed by atoms with Gasteiger partial charge in [-0.15, -0.1) is 0 Å². The van der Waals surface area contributed by atoms with E-state index in [0.29, 0.717) is 18.0 Å². The van der Waals surface area contributed by atoms with Crippen LogP contribution in [0.4, 0.5) is 10.1 Å². The summed E-state index contributed by atoms with van der Waals surface area (Å²) in [6.45, 7) is 2.69. The number of pyridine rings is 2. The molecule has 152 valence electrons. The smallest absolute Gasteiger partial charge is 0.138 e. The average Bonchev–Trinajstić information content (AvgIpc) is 3.24. The first-order valence-corrected chi connectivity index (χ1v) is 10.4. The number of benzene rings is 1. The number of H-pyrrole nitrogens is 1. The topological polar surface area (TPSA) is 65.6 Å². The third-order valence-corrected chi connectivity index (χ3v) is 5.81. The van der Waals surface area contributed by atoms with Gasteiger partial charge in [-0.2, -0.15) is 0 Å². The van der Waals surface area contributed by atoms with Gasteiger partial charge in [0.25, 0.3) is 0 Å². The molecule has 1 aromatic carbocycles. The molecule has 0 unspecified atom stereocenters. The third kappa shape index (κ3) is 3.78. The number of aromatic amines is 1. The van der Waals surface area contributed by atoms with E-state index in [9.17, 15) is 4.39 Å². The van der Waals surface area contributed by atoms with Crippen LogP contribution in [0.1, 0.15) is 30.0 Å². The van der Waals surface area contributed by atoms with Crippen LogP contribution in [0.2, 0.25) is 0 Å². The Morgan fingerprint density at radius 2 is 1.93 bits per heavy atom. The van der Waals surface area contributed by atoms with Crippen LogP contribution in [-0.2, 0) is 6.54 Å². The molecule has 0 spiro atoms. The predicted molar refractivity (Wildman–Crippen MR) is 118 cm³/mol. The summed E-state index contributed by atoms with van der Waals surface area (Å²) in [5.41, 5.74) is 5.39. The fourth-order valence-corrected chi connectivity index (χ4v) is 4.18. The van der Waals surface area contributed by atoms with Gasteiger partial charge < -0.3 is 15.6 Å². The zero-order valence-electron chi connectivity index (χ0n) is 16.7. The Labute approximate surface area is 174 Å². The number of aromatic nitrogens is 3. The Balaban J connectivity index is 1.47. The van der Waals surface area contributed by atoms with Gasteiger partial charge in [0, 0.05) is 53.4 Å². The summed E-state index contributed by atoms with van der Waals surface area (Å²) in [4.78, 5) is 12.1. The van der Waals surface area contributed by atoms with Crippen LogP contribution in [0.15, 0.2) is 61.1 Å². The molecule has 0 bridgehead atoms. The fraction of sp³-hybridized carbons (Fsp3) is 0.250. The Bertz CT molecular complexity index is 1150. The number of halogens is 1. The van der Waals surface area contributed by atoms with Crippen LogP contribution in [-0.4, -0.2) is 28.0 Å². The maximum atomic E-state index is 14.8. The summed E-state index contributed by atoms with van der Waals surface area (Å²) in [5, 5.41) is 7.74. The van der Waals surface area contributed by atoms with Crippen molar-refractivity contribution in [3.8, 4) is 11.1 Å². The summed E-state index contributed by atoms with van der Waals surface area (Å²) >= 11 is 0. The van der Waals surface area contributed by atoms with Crippen LogP contribution in [0.25, 0.3) is 22.2 Å². The molecule has 0 atom stereocenters. The van der Waals surface area contributed by atoms with Gasteiger partial charge in [-0.25, -0.2) is 9.37 Å². The van der Waals surface area contributed by atoms with E-state index in [0.717, 1.165) is 53.8 Å². The SMILES string of the molecule is Fc1ccc(NCc2cccnc2)cc1-c1ccnc2[nH]c(C3CCNCC3)cc12. The van der Waals surface area contributed by atoms with Crippen molar-refractivity contribution in [3.05, 3.63) is 78.1 Å². The molecule has 5 nitrogen and oxygen atoms in total. The van der Waals surface area contributed by atoms with Crippen molar-refractivity contribution in [3.63, 3.8) is 0 Å². The number of fused-ring (bicyclic) bond motifs is 1. The van der Waals surface area contributed by atoms with Crippen molar-refractivity contribution in [2.45, 2.75) is 25.3 Å². The van der Waals surface area contributed by atoms with Gasteiger partial charge in [0.05, 0.1) is 0 Å². The molecule has 0 aliphatic carbocycles. The van der Waals surface area contributed by atoms with Crippen molar-refractivity contribution in [1.82, 2.24) is 20.3 Å². The minimum atomic E-state index is -0.237. The number of hydrogen-bond acceptors (Lipinski definition) is 4. The van der Waals surface area contributed by atoms with Gasteiger partial charge >= 0.3 is 0 Å². The lowest BCUT2D eigenvalue weighted by atomic mass is 9.94. The zero-order chi connectivity index (χ0) is 20.3. The number of rotatable bonds is 5. The number of piperidine rings is 1. The van der Waals surface area contributed by atoms with Crippen molar-refractivity contribution in [1.29, 1.82) is 0 Å². The highest BCUT2D eigenvalue weighted by Crippen LogP contribution is 2.34. The standard InChI is InChI=1S/C24H24FN5/c25-22-4-3-18(29-15-16-2-1-8-27-14-16)12-20(22)19-7-11-28-24-21(19)13-23(30-24)17-5-9-26-10-6-17/h1-4,7-8,11-14,17,26,29H,5-6,9-10,15H2,(H,28,30). The van der Waals surface area contributed by atoms with E-state index in [-0.39, 0.29) is 5.82 Å². The molecule has 4 heterocycles. The largest absolute Gasteiger partial charge is 0.381 e.